The summed E-state index contributed by atoms with van der Waals surface area (Å²) in [6.45, 7) is 0.0684. The van der Waals surface area contributed by atoms with E-state index in [0.29, 0.717) is 0 Å². The maximum atomic E-state index is 14.1. The molecule has 142 valence electrons. The molecule has 1 saturated heterocycles. The van der Waals surface area contributed by atoms with Crippen molar-refractivity contribution in [2.24, 2.45) is 0 Å². The summed E-state index contributed by atoms with van der Waals surface area (Å²) in [5, 5.41) is 2.64. The van der Waals surface area contributed by atoms with Gasteiger partial charge in [-0.1, -0.05) is 0 Å². The van der Waals surface area contributed by atoms with Crippen molar-refractivity contribution < 1.29 is 27.9 Å². The molecule has 2 aromatic heterocycles. The molecule has 0 spiro atoms. The van der Waals surface area contributed by atoms with Crippen LogP contribution in [0.1, 0.15) is 38.0 Å². The molecule has 0 aliphatic carbocycles. The summed E-state index contributed by atoms with van der Waals surface area (Å²) >= 11 is 0. The quantitative estimate of drug-likeness (QED) is 0.786. The average Bonchev–Trinajstić information content (AvgIpc) is 3.21. The molecule has 2 atom stereocenters. The molecule has 0 aromatic carbocycles. The van der Waals surface area contributed by atoms with E-state index in [4.69, 9.17) is 4.42 Å². The van der Waals surface area contributed by atoms with Gasteiger partial charge in [0.25, 0.3) is 11.8 Å². The van der Waals surface area contributed by atoms with E-state index < -0.39 is 30.0 Å². The van der Waals surface area contributed by atoms with Gasteiger partial charge in [-0.3, -0.25) is 9.59 Å². The number of esters is 1. The maximum absolute atomic E-state index is 14.1. The Hall–Kier alpha value is -3.30. The predicted molar refractivity (Wildman–Crippen MR) is 88.8 cm³/mol. The molecule has 2 aromatic rings. The van der Waals surface area contributed by atoms with Crippen LogP contribution in [0.15, 0.2) is 35.2 Å². The van der Waals surface area contributed by atoms with Crippen LogP contribution in [0.2, 0.25) is 0 Å². The predicted octanol–water partition coefficient (Wildman–Crippen LogP) is 0.839. The highest BCUT2D eigenvalue weighted by molar-refractivity contribution is 5.93. The summed E-state index contributed by atoms with van der Waals surface area (Å²) in [5.74, 6) is -1.58. The number of ether oxygens (including phenoxy) is 1. The SMILES string of the molecule is COC(=O)c1cnc(C(=O)N[C@H]2C[C@@H](F)CN(C(=O)c3ccco3)C2)cn1. The molecular weight excluding hydrogens is 359 g/mol. The van der Waals surface area contributed by atoms with E-state index >= 15 is 0 Å². The number of carbonyl (C=O) groups excluding carboxylic acids is 3. The summed E-state index contributed by atoms with van der Waals surface area (Å²) in [6, 6.07) is 2.47. The number of nitrogens with zero attached hydrogens (tertiary/aromatic N) is 3. The van der Waals surface area contributed by atoms with Gasteiger partial charge in [0.05, 0.1) is 32.3 Å². The minimum Gasteiger partial charge on any atom is -0.464 e. The number of piperidine rings is 1. The van der Waals surface area contributed by atoms with Crippen molar-refractivity contribution in [2.75, 3.05) is 20.2 Å². The van der Waals surface area contributed by atoms with Gasteiger partial charge in [0.15, 0.2) is 11.5 Å². The molecule has 2 amide bonds. The fraction of sp³-hybridized carbons (Fsp3) is 0.353. The van der Waals surface area contributed by atoms with Crippen LogP contribution in [-0.4, -0.2) is 65.1 Å². The molecule has 0 saturated carbocycles. The second-order valence-electron chi connectivity index (χ2n) is 5.97. The Labute approximate surface area is 153 Å². The molecule has 1 N–H and O–H groups in total. The molecule has 10 heteroatoms. The van der Waals surface area contributed by atoms with Crippen LogP contribution in [0.3, 0.4) is 0 Å². The fourth-order valence-electron chi connectivity index (χ4n) is 2.78. The number of methoxy groups -OCH3 is 1. The van der Waals surface area contributed by atoms with Crippen molar-refractivity contribution in [2.45, 2.75) is 18.6 Å². The first-order valence-electron chi connectivity index (χ1n) is 8.16. The number of alkyl halides is 1. The van der Waals surface area contributed by atoms with Gasteiger partial charge in [0, 0.05) is 19.0 Å². The summed E-state index contributed by atoms with van der Waals surface area (Å²) in [6.07, 6.45) is 2.40. The number of nitrogens with one attached hydrogen (secondary N) is 1. The lowest BCUT2D eigenvalue weighted by atomic mass is 10.0. The van der Waals surface area contributed by atoms with Crippen LogP contribution in [0.25, 0.3) is 0 Å². The van der Waals surface area contributed by atoms with E-state index in [9.17, 15) is 18.8 Å². The monoisotopic (exact) mass is 376 g/mol. The normalized spacial score (nSPS) is 19.4. The van der Waals surface area contributed by atoms with Gasteiger partial charge in [-0.2, -0.15) is 0 Å². The molecule has 1 aliphatic heterocycles. The molecule has 0 bridgehead atoms. The number of amides is 2. The Balaban J connectivity index is 1.64. The van der Waals surface area contributed by atoms with Crippen molar-refractivity contribution in [3.8, 4) is 0 Å². The van der Waals surface area contributed by atoms with Crippen LogP contribution in [0.4, 0.5) is 4.39 Å². The first-order valence-corrected chi connectivity index (χ1v) is 8.16. The Kier molecular flexibility index (Phi) is 5.43. The maximum Gasteiger partial charge on any atom is 0.358 e. The fourth-order valence-corrected chi connectivity index (χ4v) is 2.78. The summed E-state index contributed by atoms with van der Waals surface area (Å²) in [4.78, 5) is 44.9. The van der Waals surface area contributed by atoms with E-state index in [2.05, 4.69) is 20.0 Å². The molecule has 9 nitrogen and oxygen atoms in total. The van der Waals surface area contributed by atoms with Crippen molar-refractivity contribution in [1.82, 2.24) is 20.2 Å². The van der Waals surface area contributed by atoms with Crippen molar-refractivity contribution in [3.05, 3.63) is 47.9 Å². The number of carbonyl (C=O) groups is 3. The highest BCUT2D eigenvalue weighted by Crippen LogP contribution is 2.17. The number of aromatic nitrogens is 2. The number of likely N-dealkylation sites (tertiary alicyclic amines) is 1. The van der Waals surface area contributed by atoms with Gasteiger partial charge in [-0.05, 0) is 12.1 Å². The van der Waals surface area contributed by atoms with Crippen molar-refractivity contribution in [1.29, 1.82) is 0 Å². The zero-order valence-electron chi connectivity index (χ0n) is 14.4. The van der Waals surface area contributed by atoms with E-state index in [1.807, 2.05) is 0 Å². The van der Waals surface area contributed by atoms with E-state index in [1.165, 1.54) is 24.3 Å². The van der Waals surface area contributed by atoms with Gasteiger partial charge in [0.2, 0.25) is 0 Å². The number of rotatable bonds is 4. The molecule has 1 aliphatic rings. The van der Waals surface area contributed by atoms with Gasteiger partial charge < -0.3 is 19.4 Å². The molecule has 3 heterocycles. The van der Waals surface area contributed by atoms with Crippen LogP contribution < -0.4 is 5.32 Å². The van der Waals surface area contributed by atoms with Gasteiger partial charge in [-0.25, -0.2) is 19.2 Å². The number of hydrogen-bond acceptors (Lipinski definition) is 7. The van der Waals surface area contributed by atoms with Crippen LogP contribution in [-0.2, 0) is 4.74 Å². The highest BCUT2D eigenvalue weighted by atomic mass is 19.1. The molecule has 0 unspecified atom stereocenters. The smallest absolute Gasteiger partial charge is 0.358 e. The van der Waals surface area contributed by atoms with Gasteiger partial charge in [-0.15, -0.1) is 0 Å². The standard InChI is InChI=1S/C17H17FN4O5/c1-26-17(25)13-7-19-12(6-20-13)15(23)21-11-5-10(18)8-22(9-11)16(24)14-3-2-4-27-14/h2-4,6-7,10-11H,5,8-9H2,1H3,(H,21,23)/t10-,11+/m1/s1. The second-order valence-corrected chi connectivity index (χ2v) is 5.97. The van der Waals surface area contributed by atoms with Crippen LogP contribution in [0, 0.1) is 0 Å². The minimum atomic E-state index is -1.28. The Bertz CT molecular complexity index is 824. The van der Waals surface area contributed by atoms with Crippen LogP contribution >= 0.6 is 0 Å². The third kappa shape index (κ3) is 4.27. The third-order valence-corrected chi connectivity index (χ3v) is 4.03. The molecule has 1 fully saturated rings. The summed E-state index contributed by atoms with van der Waals surface area (Å²) in [7, 11) is 1.21. The highest BCUT2D eigenvalue weighted by Gasteiger charge is 2.32. The molecule has 3 rings (SSSR count). The summed E-state index contributed by atoms with van der Waals surface area (Å²) in [5.41, 5.74) is -0.0710. The molecule has 0 radical (unpaired) electrons. The van der Waals surface area contributed by atoms with Crippen molar-refractivity contribution >= 4 is 17.8 Å². The second kappa shape index (κ2) is 7.94. The number of halogens is 1. The Morgan fingerprint density at radius 2 is 2.00 bits per heavy atom. The Morgan fingerprint density at radius 3 is 2.63 bits per heavy atom. The molecule has 27 heavy (non-hydrogen) atoms. The number of furan rings is 1. The van der Waals surface area contributed by atoms with Gasteiger partial charge >= 0.3 is 5.97 Å². The lowest BCUT2D eigenvalue weighted by Gasteiger charge is -2.34. The third-order valence-electron chi connectivity index (χ3n) is 4.03. The van der Waals surface area contributed by atoms with E-state index in [1.54, 1.807) is 6.07 Å². The number of hydrogen-bond donors (Lipinski definition) is 1. The Morgan fingerprint density at radius 1 is 1.26 bits per heavy atom. The topological polar surface area (TPSA) is 115 Å². The largest absolute Gasteiger partial charge is 0.464 e. The van der Waals surface area contributed by atoms with E-state index in [-0.39, 0.29) is 36.7 Å². The zero-order valence-corrected chi connectivity index (χ0v) is 14.4. The van der Waals surface area contributed by atoms with E-state index in [0.717, 1.165) is 12.4 Å². The van der Waals surface area contributed by atoms with Gasteiger partial charge in [0.1, 0.15) is 11.9 Å². The minimum absolute atomic E-state index is 0.0347. The average molecular weight is 376 g/mol. The van der Waals surface area contributed by atoms with Crippen LogP contribution in [0.5, 0.6) is 0 Å². The lowest BCUT2D eigenvalue weighted by Crippen LogP contribution is -2.53. The first-order chi connectivity index (χ1) is 13.0. The molecular formula is C17H17FN4O5. The van der Waals surface area contributed by atoms with Crippen molar-refractivity contribution in [3.63, 3.8) is 0 Å². The lowest BCUT2D eigenvalue weighted by molar-refractivity contribution is 0.0534. The zero-order chi connectivity index (χ0) is 19.4. The first kappa shape index (κ1) is 18.5. The summed E-state index contributed by atoms with van der Waals surface area (Å²) < 4.78 is 23.6.